The Bertz CT molecular complexity index is 723. The predicted octanol–water partition coefficient (Wildman–Crippen LogP) is 5.83. The maximum atomic E-state index is 12.1. The second-order valence-electron chi connectivity index (χ2n) is 5.87. The van der Waals surface area contributed by atoms with Gasteiger partial charge in [-0.2, -0.15) is 0 Å². The van der Waals surface area contributed by atoms with Crippen LogP contribution < -0.4 is 10.1 Å². The molecule has 0 aliphatic rings. The lowest BCUT2D eigenvalue weighted by Crippen LogP contribution is -2.14. The Balaban J connectivity index is 1.82. The number of nitrogens with one attached hydrogen (secondary N) is 1. The maximum Gasteiger partial charge on any atom is 0.224 e. The molecule has 2 aromatic carbocycles. The molecule has 0 aromatic heterocycles. The van der Waals surface area contributed by atoms with Crippen LogP contribution in [0.3, 0.4) is 0 Å². The number of carbonyl (C=O) groups is 1. The van der Waals surface area contributed by atoms with E-state index >= 15 is 0 Å². The summed E-state index contributed by atoms with van der Waals surface area (Å²) in [5, 5.41) is 3.46. The largest absolute Gasteiger partial charge is 0.492 e. The van der Waals surface area contributed by atoms with Crippen molar-refractivity contribution < 1.29 is 9.53 Å². The van der Waals surface area contributed by atoms with Crippen LogP contribution in [0.5, 0.6) is 5.75 Å². The van der Waals surface area contributed by atoms with Gasteiger partial charge in [-0.15, -0.1) is 0 Å². The van der Waals surface area contributed by atoms with Crippen LogP contribution in [0, 0.1) is 20.8 Å². The van der Waals surface area contributed by atoms with Gasteiger partial charge in [-0.25, -0.2) is 0 Å². The van der Waals surface area contributed by atoms with E-state index < -0.39 is 0 Å². The first-order valence-corrected chi connectivity index (χ1v) is 8.99. The summed E-state index contributed by atoms with van der Waals surface area (Å²) in [6, 6.07) is 9.77. The van der Waals surface area contributed by atoms with Gasteiger partial charge in [0, 0.05) is 6.42 Å². The molecule has 0 unspecified atom stereocenters. The molecular weight excluding hydrogens is 390 g/mol. The summed E-state index contributed by atoms with van der Waals surface area (Å²) in [6.45, 7) is 6.42. The third-order valence-corrected chi connectivity index (χ3v) is 4.51. The number of amides is 1. The van der Waals surface area contributed by atoms with E-state index in [1.807, 2.05) is 51.1 Å². The summed E-state index contributed by atoms with van der Waals surface area (Å²) < 4.78 is 6.63. The maximum absolute atomic E-state index is 12.1. The molecule has 3 nitrogen and oxygen atoms in total. The predicted molar refractivity (Wildman–Crippen MR) is 103 cm³/mol. The lowest BCUT2D eigenvalue weighted by atomic mass is 10.1. The van der Waals surface area contributed by atoms with Gasteiger partial charge in [0.05, 0.1) is 21.8 Å². The van der Waals surface area contributed by atoms with Crippen LogP contribution >= 0.6 is 27.5 Å². The molecule has 0 fully saturated rings. The topological polar surface area (TPSA) is 38.3 Å². The third-order valence-electron chi connectivity index (χ3n) is 3.59. The summed E-state index contributed by atoms with van der Waals surface area (Å²) in [4.78, 5) is 12.1. The molecule has 5 heteroatoms. The molecule has 1 N–H and O–H groups in total. The summed E-state index contributed by atoms with van der Waals surface area (Å²) in [5.74, 6) is 0.730. The van der Waals surface area contributed by atoms with E-state index in [1.54, 1.807) is 0 Å². The van der Waals surface area contributed by atoms with Crippen molar-refractivity contribution in [2.75, 3.05) is 11.9 Å². The molecule has 0 spiro atoms. The lowest BCUT2D eigenvalue weighted by Gasteiger charge is -2.12. The standard InChI is InChI=1S/C19H21BrClNO2/c1-12-6-7-17(15(20)10-12)24-8-4-5-18(23)22-19-14(3)9-13(2)11-16(19)21/h6-7,9-11H,4-5,8H2,1-3H3,(H,22,23). The van der Waals surface area contributed by atoms with Gasteiger partial charge >= 0.3 is 0 Å². The number of hydrogen-bond acceptors (Lipinski definition) is 2. The van der Waals surface area contributed by atoms with Crippen LogP contribution in [-0.2, 0) is 4.79 Å². The summed E-state index contributed by atoms with van der Waals surface area (Å²) in [6.07, 6.45) is 1.02. The van der Waals surface area contributed by atoms with E-state index in [0.717, 1.165) is 21.3 Å². The average Bonchev–Trinajstić information content (AvgIpc) is 2.49. The molecule has 0 saturated heterocycles. The smallest absolute Gasteiger partial charge is 0.224 e. The van der Waals surface area contributed by atoms with Gasteiger partial charge in [-0.05, 0) is 78.0 Å². The number of carbonyl (C=O) groups excluding carboxylic acids is 1. The number of rotatable bonds is 6. The van der Waals surface area contributed by atoms with Crippen LogP contribution in [0.25, 0.3) is 0 Å². The number of hydrogen-bond donors (Lipinski definition) is 1. The molecule has 0 bridgehead atoms. The fourth-order valence-electron chi connectivity index (χ4n) is 2.41. The number of benzene rings is 2. The molecule has 2 aromatic rings. The highest BCUT2D eigenvalue weighted by molar-refractivity contribution is 9.10. The van der Waals surface area contributed by atoms with Gasteiger partial charge in [0.1, 0.15) is 5.75 Å². The summed E-state index contributed by atoms with van der Waals surface area (Å²) in [5.41, 5.74) is 3.90. The monoisotopic (exact) mass is 409 g/mol. The molecule has 1 amide bonds. The van der Waals surface area contributed by atoms with Gasteiger partial charge in [0.25, 0.3) is 0 Å². The fraction of sp³-hybridized carbons (Fsp3) is 0.316. The molecule has 128 valence electrons. The average molecular weight is 411 g/mol. The zero-order valence-electron chi connectivity index (χ0n) is 14.1. The van der Waals surface area contributed by atoms with Crippen molar-refractivity contribution in [1.29, 1.82) is 0 Å². The van der Waals surface area contributed by atoms with Crippen LogP contribution in [-0.4, -0.2) is 12.5 Å². The Hall–Kier alpha value is -1.52. The van der Waals surface area contributed by atoms with Gasteiger partial charge in [0.2, 0.25) is 5.91 Å². The Morgan fingerprint density at radius 3 is 2.58 bits per heavy atom. The van der Waals surface area contributed by atoms with E-state index in [0.29, 0.717) is 30.2 Å². The van der Waals surface area contributed by atoms with E-state index in [2.05, 4.69) is 21.2 Å². The van der Waals surface area contributed by atoms with Crippen molar-refractivity contribution in [1.82, 2.24) is 0 Å². The molecule has 0 heterocycles. The van der Waals surface area contributed by atoms with Gasteiger partial charge in [-0.3, -0.25) is 4.79 Å². The van der Waals surface area contributed by atoms with Gasteiger partial charge in [-0.1, -0.05) is 23.7 Å². The zero-order chi connectivity index (χ0) is 17.7. The fourth-order valence-corrected chi connectivity index (χ4v) is 3.39. The SMILES string of the molecule is Cc1cc(C)c(NC(=O)CCCOc2ccc(C)cc2Br)c(Cl)c1. The van der Waals surface area contributed by atoms with Gasteiger partial charge in [0.15, 0.2) is 0 Å². The quantitative estimate of drug-likeness (QED) is 0.609. The first kappa shape index (κ1) is 18.8. The molecule has 0 aliphatic carbocycles. The number of aryl methyl sites for hydroxylation is 3. The first-order chi connectivity index (χ1) is 11.4. The molecule has 0 saturated carbocycles. The molecular formula is C19H21BrClNO2. The van der Waals surface area contributed by atoms with Crippen molar-refractivity contribution in [2.24, 2.45) is 0 Å². The highest BCUT2D eigenvalue weighted by Crippen LogP contribution is 2.28. The molecule has 0 aliphatic heterocycles. The Morgan fingerprint density at radius 1 is 1.17 bits per heavy atom. The number of anilines is 1. The third kappa shape index (κ3) is 5.25. The van der Waals surface area contributed by atoms with Crippen LogP contribution in [0.2, 0.25) is 5.02 Å². The molecule has 0 radical (unpaired) electrons. The van der Waals surface area contributed by atoms with E-state index in [4.69, 9.17) is 16.3 Å². The second-order valence-corrected chi connectivity index (χ2v) is 7.13. The van der Waals surface area contributed by atoms with E-state index in [9.17, 15) is 4.79 Å². The Labute approximate surface area is 156 Å². The van der Waals surface area contributed by atoms with Crippen LogP contribution in [0.4, 0.5) is 5.69 Å². The normalized spacial score (nSPS) is 10.5. The van der Waals surface area contributed by atoms with Crippen molar-refractivity contribution in [3.63, 3.8) is 0 Å². The minimum Gasteiger partial charge on any atom is -0.492 e. The van der Waals surface area contributed by atoms with Crippen LogP contribution in [0.1, 0.15) is 29.5 Å². The van der Waals surface area contributed by atoms with E-state index in [1.165, 1.54) is 5.56 Å². The minimum absolute atomic E-state index is 0.0598. The van der Waals surface area contributed by atoms with E-state index in [-0.39, 0.29) is 5.91 Å². The van der Waals surface area contributed by atoms with Crippen molar-refractivity contribution in [3.8, 4) is 5.75 Å². The van der Waals surface area contributed by atoms with Crippen LogP contribution in [0.15, 0.2) is 34.8 Å². The summed E-state index contributed by atoms with van der Waals surface area (Å²) >= 11 is 9.68. The molecule has 24 heavy (non-hydrogen) atoms. The van der Waals surface area contributed by atoms with Crippen molar-refractivity contribution >= 4 is 39.1 Å². The molecule has 0 atom stereocenters. The van der Waals surface area contributed by atoms with Gasteiger partial charge < -0.3 is 10.1 Å². The Morgan fingerprint density at radius 2 is 1.92 bits per heavy atom. The zero-order valence-corrected chi connectivity index (χ0v) is 16.4. The lowest BCUT2D eigenvalue weighted by molar-refractivity contribution is -0.116. The Kier molecular flexibility index (Phi) is 6.69. The highest BCUT2D eigenvalue weighted by Gasteiger charge is 2.09. The summed E-state index contributed by atoms with van der Waals surface area (Å²) in [7, 11) is 0. The number of ether oxygens (including phenoxy) is 1. The number of halogens is 2. The van der Waals surface area contributed by atoms with Crippen molar-refractivity contribution in [3.05, 3.63) is 56.5 Å². The van der Waals surface area contributed by atoms with Crippen molar-refractivity contribution in [2.45, 2.75) is 33.6 Å². The highest BCUT2D eigenvalue weighted by atomic mass is 79.9. The first-order valence-electron chi connectivity index (χ1n) is 7.82. The molecule has 2 rings (SSSR count). The minimum atomic E-state index is -0.0598. The second kappa shape index (κ2) is 8.54.